The first-order chi connectivity index (χ1) is 18.4. The number of phenols is 1. The van der Waals surface area contributed by atoms with Gasteiger partial charge in [0.15, 0.2) is 17.7 Å². The number of nitrogens with zero attached hydrogens (tertiary/aromatic N) is 1. The first-order valence-electron chi connectivity index (χ1n) is 11.7. The summed E-state index contributed by atoms with van der Waals surface area (Å²) in [5.41, 5.74) is 0.648. The Kier molecular flexibility index (Phi) is 7.89. The van der Waals surface area contributed by atoms with Gasteiger partial charge in [-0.25, -0.2) is 14.4 Å². The number of carboxylic acids is 3. The van der Waals surface area contributed by atoms with E-state index in [9.17, 15) is 55.2 Å². The molecule has 0 amide bonds. The maximum atomic E-state index is 12.0. The molecule has 0 spiro atoms. The summed E-state index contributed by atoms with van der Waals surface area (Å²) in [5.74, 6) is -4.55. The van der Waals surface area contributed by atoms with Crippen molar-refractivity contribution in [3.8, 4) is 11.5 Å². The zero-order chi connectivity index (χ0) is 28.6. The lowest BCUT2D eigenvalue weighted by Crippen LogP contribution is -2.60. The van der Waals surface area contributed by atoms with E-state index in [0.29, 0.717) is 11.1 Å². The molecule has 3 aliphatic rings. The predicted molar refractivity (Wildman–Crippen MR) is 127 cm³/mol. The number of phenolic OH excluding ortho intramolecular Hbond substituents is 1. The average molecular weight is 551 g/mol. The zero-order valence-electron chi connectivity index (χ0n) is 20.1. The molecule has 0 radical (unpaired) electrons. The van der Waals surface area contributed by atoms with E-state index >= 15 is 0 Å². The van der Waals surface area contributed by atoms with Crippen molar-refractivity contribution in [3.05, 3.63) is 41.1 Å². The number of benzene rings is 1. The largest absolute Gasteiger partial charge is 0.504 e. The molecule has 0 unspecified atom stereocenters. The van der Waals surface area contributed by atoms with Crippen LogP contribution in [-0.2, 0) is 25.5 Å². The quantitative estimate of drug-likeness (QED) is 0.161. The number of hydrogen-bond donors (Lipinski definition) is 9. The van der Waals surface area contributed by atoms with E-state index in [-0.39, 0.29) is 30.0 Å². The van der Waals surface area contributed by atoms with Crippen LogP contribution in [0.2, 0.25) is 0 Å². The van der Waals surface area contributed by atoms with Gasteiger partial charge in [-0.3, -0.25) is 0 Å². The lowest BCUT2D eigenvalue weighted by atomic mass is 9.99. The summed E-state index contributed by atoms with van der Waals surface area (Å²) in [4.78, 5) is 34.8. The number of fused-ring (bicyclic) bond motifs is 1. The monoisotopic (exact) mass is 551 g/mol. The lowest BCUT2D eigenvalue weighted by molar-refractivity contribution is -0.456. The number of aliphatic hydroxyl groups is 4. The number of allylic oxidation sites excluding steroid dienone is 2. The molecule has 15 nitrogen and oxygen atoms in total. The van der Waals surface area contributed by atoms with E-state index in [2.05, 4.69) is 5.32 Å². The van der Waals surface area contributed by atoms with Crippen molar-refractivity contribution in [2.24, 2.45) is 0 Å². The Morgan fingerprint density at radius 1 is 1.05 bits per heavy atom. The third-order valence-corrected chi connectivity index (χ3v) is 6.64. The molecular weight excluding hydrogens is 524 g/mol. The Balaban J connectivity index is 1.66. The summed E-state index contributed by atoms with van der Waals surface area (Å²) in [5, 5.41) is 80.9. The smallest absolute Gasteiger partial charge is 0.373 e. The van der Waals surface area contributed by atoms with Crippen LogP contribution in [0.5, 0.6) is 11.5 Å². The number of hydrogen-bond acceptors (Lipinski definition) is 11. The van der Waals surface area contributed by atoms with Crippen molar-refractivity contribution in [2.75, 3.05) is 6.61 Å². The molecule has 39 heavy (non-hydrogen) atoms. The number of rotatable bonds is 7. The molecule has 4 rings (SSSR count). The lowest BCUT2D eigenvalue weighted by Gasteiger charge is -2.39. The Bertz CT molecular complexity index is 1270. The van der Waals surface area contributed by atoms with E-state index in [1.807, 2.05) is 0 Å². The maximum absolute atomic E-state index is 12.0. The SMILES string of the molecule is O=C(O)C1=CC(=CC=[N+]2c3cc(O)c(O[C@@H]4O[C@H](CO)[C@@H](O)[C@H](O)[C@H]4O)cc3C[C@H]2C(=O)O)C[C@H](C(=O)O)N1. The van der Waals surface area contributed by atoms with E-state index in [0.717, 1.165) is 0 Å². The molecule has 1 fully saturated rings. The van der Waals surface area contributed by atoms with Gasteiger partial charge in [0, 0.05) is 18.1 Å². The molecule has 0 aromatic heterocycles. The van der Waals surface area contributed by atoms with Crippen LogP contribution < -0.4 is 10.1 Å². The van der Waals surface area contributed by atoms with Gasteiger partial charge in [-0.1, -0.05) is 0 Å². The van der Waals surface area contributed by atoms with E-state index in [1.165, 1.54) is 35.1 Å². The van der Waals surface area contributed by atoms with Crippen molar-refractivity contribution in [2.45, 2.75) is 55.6 Å². The van der Waals surface area contributed by atoms with Crippen LogP contribution in [0, 0.1) is 0 Å². The molecule has 3 heterocycles. The molecule has 15 heteroatoms. The van der Waals surface area contributed by atoms with Crippen molar-refractivity contribution >= 4 is 29.8 Å². The zero-order valence-corrected chi connectivity index (χ0v) is 20.1. The van der Waals surface area contributed by atoms with Crippen LogP contribution in [0.3, 0.4) is 0 Å². The molecule has 9 N–H and O–H groups in total. The molecule has 1 aromatic carbocycles. The number of aromatic hydroxyl groups is 1. The molecular formula is C24H27N2O13+. The molecule has 7 atom stereocenters. The fourth-order valence-corrected chi connectivity index (χ4v) is 4.58. The van der Waals surface area contributed by atoms with Crippen LogP contribution in [-0.4, -0.2) is 119 Å². The number of carboxylic acid groups (broad SMARTS) is 3. The van der Waals surface area contributed by atoms with Crippen molar-refractivity contribution in [1.29, 1.82) is 0 Å². The molecule has 1 aromatic rings. The summed E-state index contributed by atoms with van der Waals surface area (Å²) in [6.07, 6.45) is -4.03. The van der Waals surface area contributed by atoms with Crippen LogP contribution in [0.25, 0.3) is 0 Å². The fourth-order valence-electron chi connectivity index (χ4n) is 4.58. The summed E-state index contributed by atoms with van der Waals surface area (Å²) in [7, 11) is 0. The number of ether oxygens (including phenoxy) is 2. The predicted octanol–water partition coefficient (Wildman–Crippen LogP) is -2.36. The standard InChI is InChI=1S/C24H26N2O13/c27-8-17-18(29)19(30)20(31)24(39-17)38-16-6-10-5-14(23(36)37)26(13(10)7-15(16)28)2-1-9-3-11(21(32)33)25-12(4-9)22(34)35/h1-3,6-7,12,14,17-20,24,27,29-31H,4-5,8H2,(H4,28,32,33,34,35,36,37)/p+1/t12-,14+,17-,18-,19+,20-,24-/m1/s1. The Morgan fingerprint density at radius 2 is 1.77 bits per heavy atom. The highest BCUT2D eigenvalue weighted by atomic mass is 16.7. The number of nitrogens with one attached hydrogen (secondary N) is 1. The minimum Gasteiger partial charge on any atom is -0.504 e. The third kappa shape index (κ3) is 5.57. The molecule has 0 bridgehead atoms. The highest BCUT2D eigenvalue weighted by Crippen LogP contribution is 2.40. The van der Waals surface area contributed by atoms with Crippen molar-refractivity contribution in [1.82, 2.24) is 5.32 Å². The highest BCUT2D eigenvalue weighted by Gasteiger charge is 2.46. The second kappa shape index (κ2) is 11.0. The van der Waals surface area contributed by atoms with Crippen LogP contribution >= 0.6 is 0 Å². The van der Waals surface area contributed by atoms with Crippen LogP contribution in [0.4, 0.5) is 5.69 Å². The van der Waals surface area contributed by atoms with Gasteiger partial charge in [-0.2, -0.15) is 4.58 Å². The Labute approximate surface area is 219 Å². The highest BCUT2D eigenvalue weighted by molar-refractivity contribution is 5.89. The van der Waals surface area contributed by atoms with Gasteiger partial charge in [-0.15, -0.1) is 0 Å². The van der Waals surface area contributed by atoms with E-state index in [1.54, 1.807) is 0 Å². The number of aliphatic hydroxyl groups excluding tert-OH is 4. The fraction of sp³-hybridized carbons (Fsp3) is 0.417. The van der Waals surface area contributed by atoms with Gasteiger partial charge < -0.3 is 55.6 Å². The maximum Gasteiger partial charge on any atom is 0.373 e. The first-order valence-corrected chi connectivity index (χ1v) is 11.7. The second-order valence-corrected chi connectivity index (χ2v) is 9.22. The van der Waals surface area contributed by atoms with Gasteiger partial charge in [-0.05, 0) is 17.7 Å². The second-order valence-electron chi connectivity index (χ2n) is 9.22. The Morgan fingerprint density at radius 3 is 2.38 bits per heavy atom. The normalized spacial score (nSPS) is 32.3. The third-order valence-electron chi connectivity index (χ3n) is 6.64. The molecule has 3 aliphatic heterocycles. The number of aliphatic carboxylic acids is 3. The minimum atomic E-state index is -1.73. The minimum absolute atomic E-state index is 0.0504. The molecule has 0 aliphatic carbocycles. The van der Waals surface area contributed by atoms with Gasteiger partial charge in [0.1, 0.15) is 36.2 Å². The topological polar surface area (TPSA) is 247 Å². The summed E-state index contributed by atoms with van der Waals surface area (Å²) >= 11 is 0. The van der Waals surface area contributed by atoms with E-state index < -0.39 is 73.1 Å². The van der Waals surface area contributed by atoms with Gasteiger partial charge in [0.2, 0.25) is 12.0 Å². The molecule has 1 saturated heterocycles. The van der Waals surface area contributed by atoms with Crippen molar-refractivity contribution < 1.29 is 69.3 Å². The average Bonchev–Trinajstić information content (AvgIpc) is 3.24. The van der Waals surface area contributed by atoms with Gasteiger partial charge in [0.25, 0.3) is 6.04 Å². The van der Waals surface area contributed by atoms with Gasteiger partial charge in [0.05, 0.1) is 19.1 Å². The number of carbonyl (C=O) groups is 3. The van der Waals surface area contributed by atoms with Crippen LogP contribution in [0.1, 0.15) is 12.0 Å². The first kappa shape index (κ1) is 28.0. The molecule has 210 valence electrons. The van der Waals surface area contributed by atoms with Crippen LogP contribution in [0.15, 0.2) is 35.6 Å². The Hall–Kier alpha value is -4.02. The van der Waals surface area contributed by atoms with Gasteiger partial charge >= 0.3 is 17.9 Å². The van der Waals surface area contributed by atoms with E-state index in [4.69, 9.17) is 9.47 Å². The summed E-state index contributed by atoms with van der Waals surface area (Å²) < 4.78 is 12.1. The van der Waals surface area contributed by atoms with Crippen molar-refractivity contribution in [3.63, 3.8) is 0 Å². The summed E-state index contributed by atoms with van der Waals surface area (Å²) in [6.45, 7) is -0.687. The summed E-state index contributed by atoms with van der Waals surface area (Å²) in [6, 6.07) is 0.177. The molecule has 0 saturated carbocycles.